The average molecular weight is 369 g/mol. The summed E-state index contributed by atoms with van der Waals surface area (Å²) < 4.78 is 0. The summed E-state index contributed by atoms with van der Waals surface area (Å²) in [4.78, 5) is 24.9. The maximum atomic E-state index is 12.5. The summed E-state index contributed by atoms with van der Waals surface area (Å²) in [5.74, 6) is -0.562. The largest absolute Gasteiger partial charge is 0.348 e. The number of anilines is 1. The third-order valence-corrected chi connectivity index (χ3v) is 4.19. The molecule has 0 heterocycles. The molecular formula is C23H19N3O2. The molecule has 138 valence electrons. The van der Waals surface area contributed by atoms with Crippen LogP contribution in [0.15, 0.2) is 72.8 Å². The van der Waals surface area contributed by atoms with Gasteiger partial charge in [-0.05, 0) is 55.0 Å². The molecule has 2 N–H and O–H groups in total. The SMILES string of the molecule is Cc1cccc(CNC(=O)c2cccc(C(=O)Nc3ccc(C#N)cc3)c2)c1. The smallest absolute Gasteiger partial charge is 0.255 e. The van der Waals surface area contributed by atoms with Gasteiger partial charge in [0.05, 0.1) is 11.6 Å². The Bertz CT molecular complexity index is 1050. The van der Waals surface area contributed by atoms with Crippen LogP contribution < -0.4 is 10.6 Å². The van der Waals surface area contributed by atoms with Crippen molar-refractivity contribution in [1.82, 2.24) is 5.32 Å². The van der Waals surface area contributed by atoms with Crippen LogP contribution in [0.2, 0.25) is 0 Å². The highest BCUT2D eigenvalue weighted by Crippen LogP contribution is 2.12. The van der Waals surface area contributed by atoms with Crippen LogP contribution in [-0.4, -0.2) is 11.8 Å². The summed E-state index contributed by atoms with van der Waals surface area (Å²) >= 11 is 0. The number of amides is 2. The van der Waals surface area contributed by atoms with E-state index >= 15 is 0 Å². The summed E-state index contributed by atoms with van der Waals surface area (Å²) in [7, 11) is 0. The van der Waals surface area contributed by atoms with Gasteiger partial charge < -0.3 is 10.6 Å². The van der Waals surface area contributed by atoms with Crippen molar-refractivity contribution < 1.29 is 9.59 Å². The minimum Gasteiger partial charge on any atom is -0.348 e. The Morgan fingerprint density at radius 2 is 1.57 bits per heavy atom. The number of nitrogens with one attached hydrogen (secondary N) is 2. The molecule has 0 aliphatic carbocycles. The van der Waals surface area contributed by atoms with Crippen molar-refractivity contribution in [2.45, 2.75) is 13.5 Å². The number of rotatable bonds is 5. The van der Waals surface area contributed by atoms with Crippen LogP contribution >= 0.6 is 0 Å². The summed E-state index contributed by atoms with van der Waals surface area (Å²) in [5.41, 5.74) is 4.05. The molecular weight excluding hydrogens is 350 g/mol. The fourth-order valence-corrected chi connectivity index (χ4v) is 2.74. The minimum absolute atomic E-state index is 0.241. The predicted octanol–water partition coefficient (Wildman–Crippen LogP) is 4.05. The lowest BCUT2D eigenvalue weighted by Gasteiger charge is -2.09. The van der Waals surface area contributed by atoms with Crippen LogP contribution in [0.4, 0.5) is 5.69 Å². The first-order chi connectivity index (χ1) is 13.5. The molecule has 0 fully saturated rings. The van der Waals surface area contributed by atoms with E-state index in [2.05, 4.69) is 10.6 Å². The molecule has 28 heavy (non-hydrogen) atoms. The number of hydrogen-bond donors (Lipinski definition) is 2. The molecule has 0 aliphatic rings. The standard InChI is InChI=1S/C23H19N3O2/c1-16-4-2-5-18(12-16)15-25-22(27)19-6-3-7-20(13-19)23(28)26-21-10-8-17(14-24)9-11-21/h2-13H,15H2,1H3,(H,25,27)(H,26,28). The van der Waals surface area contributed by atoms with E-state index in [4.69, 9.17) is 5.26 Å². The Morgan fingerprint density at radius 3 is 2.25 bits per heavy atom. The third kappa shape index (κ3) is 4.83. The van der Waals surface area contributed by atoms with Crippen LogP contribution in [0.1, 0.15) is 37.4 Å². The lowest BCUT2D eigenvalue weighted by Crippen LogP contribution is -2.23. The van der Waals surface area contributed by atoms with Crippen LogP contribution in [0.3, 0.4) is 0 Å². The van der Waals surface area contributed by atoms with Gasteiger partial charge in [-0.15, -0.1) is 0 Å². The second kappa shape index (κ2) is 8.65. The summed E-state index contributed by atoms with van der Waals surface area (Å²) in [5, 5.41) is 14.5. The summed E-state index contributed by atoms with van der Waals surface area (Å²) in [6.45, 7) is 2.42. The zero-order valence-corrected chi connectivity index (χ0v) is 15.4. The van der Waals surface area contributed by atoms with Crippen LogP contribution in [-0.2, 0) is 6.54 Å². The van der Waals surface area contributed by atoms with Gasteiger partial charge in [-0.3, -0.25) is 9.59 Å². The van der Waals surface area contributed by atoms with Crippen LogP contribution in [0.25, 0.3) is 0 Å². The Labute approximate surface area is 163 Å². The number of aryl methyl sites for hydroxylation is 1. The Kier molecular flexibility index (Phi) is 5.83. The molecule has 0 unspecified atom stereocenters. The maximum Gasteiger partial charge on any atom is 0.255 e. The molecule has 2 amide bonds. The highest BCUT2D eigenvalue weighted by atomic mass is 16.2. The maximum absolute atomic E-state index is 12.5. The number of hydrogen-bond acceptors (Lipinski definition) is 3. The van der Waals surface area contributed by atoms with E-state index in [0.717, 1.165) is 11.1 Å². The Hall–Kier alpha value is -3.91. The first kappa shape index (κ1) is 18.9. The van der Waals surface area contributed by atoms with Gasteiger partial charge in [-0.1, -0.05) is 35.9 Å². The Morgan fingerprint density at radius 1 is 0.893 bits per heavy atom. The van der Waals surface area contributed by atoms with Gasteiger partial charge in [0.2, 0.25) is 0 Å². The minimum atomic E-state index is -0.321. The Balaban J connectivity index is 1.66. The van der Waals surface area contributed by atoms with E-state index in [1.807, 2.05) is 37.3 Å². The molecule has 0 saturated heterocycles. The van der Waals surface area contributed by atoms with Crippen molar-refractivity contribution in [3.63, 3.8) is 0 Å². The number of carbonyl (C=O) groups is 2. The molecule has 0 spiro atoms. The van der Waals surface area contributed by atoms with Gasteiger partial charge in [0.15, 0.2) is 0 Å². The zero-order chi connectivity index (χ0) is 19.9. The fraction of sp³-hybridized carbons (Fsp3) is 0.0870. The van der Waals surface area contributed by atoms with Gasteiger partial charge in [0, 0.05) is 23.4 Å². The van der Waals surface area contributed by atoms with E-state index < -0.39 is 0 Å². The number of benzene rings is 3. The van der Waals surface area contributed by atoms with Crippen molar-refractivity contribution in [3.8, 4) is 6.07 Å². The van der Waals surface area contributed by atoms with Gasteiger partial charge in [-0.2, -0.15) is 5.26 Å². The molecule has 3 rings (SSSR count). The lowest BCUT2D eigenvalue weighted by molar-refractivity contribution is 0.0951. The fourth-order valence-electron chi connectivity index (χ4n) is 2.74. The van der Waals surface area contributed by atoms with Gasteiger partial charge in [0.1, 0.15) is 0 Å². The summed E-state index contributed by atoms with van der Waals surface area (Å²) in [6.07, 6.45) is 0. The average Bonchev–Trinajstić information content (AvgIpc) is 2.72. The van der Waals surface area contributed by atoms with E-state index in [0.29, 0.717) is 28.9 Å². The second-order valence-electron chi connectivity index (χ2n) is 6.40. The van der Waals surface area contributed by atoms with E-state index in [1.165, 1.54) is 0 Å². The topological polar surface area (TPSA) is 82.0 Å². The molecule has 0 atom stereocenters. The van der Waals surface area contributed by atoms with E-state index in [-0.39, 0.29) is 11.8 Å². The molecule has 5 heteroatoms. The van der Waals surface area contributed by atoms with Crippen molar-refractivity contribution >= 4 is 17.5 Å². The van der Waals surface area contributed by atoms with Crippen molar-refractivity contribution in [2.75, 3.05) is 5.32 Å². The monoisotopic (exact) mass is 369 g/mol. The highest BCUT2D eigenvalue weighted by molar-refractivity contribution is 6.06. The first-order valence-corrected chi connectivity index (χ1v) is 8.80. The normalized spacial score (nSPS) is 10.0. The molecule has 0 bridgehead atoms. The van der Waals surface area contributed by atoms with Gasteiger partial charge in [-0.25, -0.2) is 0 Å². The van der Waals surface area contributed by atoms with Gasteiger partial charge >= 0.3 is 0 Å². The molecule has 0 radical (unpaired) electrons. The number of carbonyl (C=O) groups excluding carboxylic acids is 2. The lowest BCUT2D eigenvalue weighted by atomic mass is 10.1. The molecule has 0 saturated carbocycles. The first-order valence-electron chi connectivity index (χ1n) is 8.80. The zero-order valence-electron chi connectivity index (χ0n) is 15.4. The molecule has 3 aromatic rings. The summed E-state index contributed by atoms with van der Waals surface area (Å²) in [6, 6.07) is 23.1. The second-order valence-corrected chi connectivity index (χ2v) is 6.40. The predicted molar refractivity (Wildman–Crippen MR) is 108 cm³/mol. The van der Waals surface area contributed by atoms with E-state index in [1.54, 1.807) is 48.5 Å². The highest BCUT2D eigenvalue weighted by Gasteiger charge is 2.11. The van der Waals surface area contributed by atoms with Gasteiger partial charge in [0.25, 0.3) is 11.8 Å². The van der Waals surface area contributed by atoms with Crippen molar-refractivity contribution in [1.29, 1.82) is 5.26 Å². The van der Waals surface area contributed by atoms with E-state index in [9.17, 15) is 9.59 Å². The van der Waals surface area contributed by atoms with Crippen molar-refractivity contribution in [2.24, 2.45) is 0 Å². The van der Waals surface area contributed by atoms with Crippen LogP contribution in [0, 0.1) is 18.3 Å². The molecule has 3 aromatic carbocycles. The molecule has 0 aromatic heterocycles. The molecule has 0 aliphatic heterocycles. The number of nitriles is 1. The third-order valence-electron chi connectivity index (χ3n) is 4.19. The van der Waals surface area contributed by atoms with Crippen molar-refractivity contribution in [3.05, 3.63) is 101 Å². The molecule has 5 nitrogen and oxygen atoms in total. The van der Waals surface area contributed by atoms with Crippen LogP contribution in [0.5, 0.6) is 0 Å². The number of nitrogens with zero attached hydrogens (tertiary/aromatic N) is 1. The quantitative estimate of drug-likeness (QED) is 0.712.